The first-order valence-corrected chi connectivity index (χ1v) is 9.07. The number of nitrogens with one attached hydrogen (secondary N) is 1. The largest absolute Gasteiger partial charge is 0.495 e. The molecular formula is C18H24ClN3O2. The molecule has 0 amide bonds. The van der Waals surface area contributed by atoms with Crippen LogP contribution in [0.5, 0.6) is 5.75 Å². The minimum absolute atomic E-state index is 0.227. The number of nitrogens with zero attached hydrogens (tertiary/aromatic N) is 1. The number of fused-ring (bicyclic) bond motifs is 2. The van der Waals surface area contributed by atoms with E-state index in [4.69, 9.17) is 31.8 Å². The molecule has 0 bridgehead atoms. The summed E-state index contributed by atoms with van der Waals surface area (Å²) in [6, 6.07) is 5.80. The molecule has 3 aliphatic rings. The molecule has 4 rings (SSSR count). The van der Waals surface area contributed by atoms with Crippen LogP contribution in [0.15, 0.2) is 23.2 Å². The summed E-state index contributed by atoms with van der Waals surface area (Å²) in [5.74, 6) is 1.63. The second kappa shape index (κ2) is 6.12. The van der Waals surface area contributed by atoms with Crippen molar-refractivity contribution in [3.63, 3.8) is 0 Å². The molecule has 1 saturated heterocycles. The molecule has 0 aromatic heterocycles. The second-order valence-corrected chi connectivity index (χ2v) is 7.52. The van der Waals surface area contributed by atoms with Crippen LogP contribution in [0.3, 0.4) is 0 Å². The summed E-state index contributed by atoms with van der Waals surface area (Å²) >= 11 is 6.17. The molecule has 3 fully saturated rings. The van der Waals surface area contributed by atoms with E-state index in [9.17, 15) is 0 Å². The summed E-state index contributed by atoms with van der Waals surface area (Å²) in [7, 11) is 1.60. The van der Waals surface area contributed by atoms with Gasteiger partial charge in [0, 0.05) is 23.6 Å². The van der Waals surface area contributed by atoms with Gasteiger partial charge in [0.15, 0.2) is 5.96 Å². The molecule has 2 aliphatic carbocycles. The third-order valence-electron chi connectivity index (χ3n) is 5.94. The number of nitrogens with two attached hydrogens (primary N) is 1. The maximum Gasteiger partial charge on any atom is 0.193 e. The number of guanidine groups is 1. The first-order chi connectivity index (χ1) is 11.6. The second-order valence-electron chi connectivity index (χ2n) is 7.12. The Bertz CT molecular complexity index is 658. The summed E-state index contributed by atoms with van der Waals surface area (Å²) in [4.78, 5) is 4.86. The Morgan fingerprint density at radius 1 is 1.42 bits per heavy atom. The zero-order chi connectivity index (χ0) is 16.7. The minimum atomic E-state index is 0.227. The lowest BCUT2D eigenvalue weighted by Crippen LogP contribution is -2.61. The van der Waals surface area contributed by atoms with Crippen LogP contribution in [0.25, 0.3) is 0 Å². The Kier molecular flexibility index (Phi) is 4.09. The molecule has 2 saturated carbocycles. The molecule has 3 atom stereocenters. The SMILES string of the molecule is COc1ccc(NC(N)=NC2C3CCOC3C23CCCC3)cc1Cl. The van der Waals surface area contributed by atoms with Crippen molar-refractivity contribution in [3.05, 3.63) is 23.2 Å². The van der Waals surface area contributed by atoms with Crippen molar-refractivity contribution in [2.24, 2.45) is 22.1 Å². The Morgan fingerprint density at radius 2 is 2.21 bits per heavy atom. The van der Waals surface area contributed by atoms with Gasteiger partial charge in [-0.25, -0.2) is 4.99 Å². The highest BCUT2D eigenvalue weighted by molar-refractivity contribution is 6.32. The fraction of sp³-hybridized carbons (Fsp3) is 0.611. The number of rotatable bonds is 3. The number of benzene rings is 1. The van der Waals surface area contributed by atoms with Crippen molar-refractivity contribution in [1.82, 2.24) is 0 Å². The number of aliphatic imine (C=N–C) groups is 1. The molecule has 1 aliphatic heterocycles. The maximum absolute atomic E-state index is 6.19. The molecular weight excluding hydrogens is 326 g/mol. The predicted octanol–water partition coefficient (Wildman–Crippen LogP) is 3.42. The fourth-order valence-corrected chi connectivity index (χ4v) is 5.17. The van der Waals surface area contributed by atoms with Gasteiger partial charge in [-0.1, -0.05) is 24.4 Å². The van der Waals surface area contributed by atoms with Gasteiger partial charge in [0.25, 0.3) is 0 Å². The van der Waals surface area contributed by atoms with Gasteiger partial charge in [-0.15, -0.1) is 0 Å². The molecule has 24 heavy (non-hydrogen) atoms. The van der Waals surface area contributed by atoms with Crippen molar-refractivity contribution < 1.29 is 9.47 Å². The van der Waals surface area contributed by atoms with Gasteiger partial charge in [0.05, 0.1) is 24.3 Å². The smallest absolute Gasteiger partial charge is 0.193 e. The Labute approximate surface area is 147 Å². The van der Waals surface area contributed by atoms with E-state index >= 15 is 0 Å². The molecule has 3 unspecified atom stereocenters. The first kappa shape index (κ1) is 16.0. The van der Waals surface area contributed by atoms with E-state index in [1.165, 1.54) is 25.7 Å². The van der Waals surface area contributed by atoms with Gasteiger partial charge >= 0.3 is 0 Å². The van der Waals surface area contributed by atoms with Crippen LogP contribution >= 0.6 is 11.6 Å². The fourth-order valence-electron chi connectivity index (χ4n) is 4.91. The van der Waals surface area contributed by atoms with Crippen LogP contribution in [0, 0.1) is 11.3 Å². The number of hydrogen-bond donors (Lipinski definition) is 2. The maximum atomic E-state index is 6.19. The number of hydrogen-bond acceptors (Lipinski definition) is 3. The van der Waals surface area contributed by atoms with Crippen molar-refractivity contribution in [2.75, 3.05) is 19.0 Å². The average molecular weight is 350 g/mol. The molecule has 0 radical (unpaired) electrons. The molecule has 3 N–H and O–H groups in total. The van der Waals surface area contributed by atoms with Crippen LogP contribution in [-0.2, 0) is 4.74 Å². The van der Waals surface area contributed by atoms with Crippen molar-refractivity contribution in [1.29, 1.82) is 0 Å². The standard InChI is InChI=1S/C18H24ClN3O2/c1-23-14-5-4-11(10-13(14)19)21-17(20)22-15-12-6-9-24-16(12)18(15)7-2-3-8-18/h4-5,10,12,15-16H,2-3,6-9H2,1H3,(H3,20,21,22). The highest BCUT2D eigenvalue weighted by Gasteiger charge is 2.65. The molecule has 130 valence electrons. The van der Waals surface area contributed by atoms with Gasteiger partial charge in [0.2, 0.25) is 0 Å². The van der Waals surface area contributed by atoms with E-state index in [0.29, 0.717) is 28.8 Å². The van der Waals surface area contributed by atoms with E-state index in [-0.39, 0.29) is 11.5 Å². The highest BCUT2D eigenvalue weighted by atomic mass is 35.5. The Balaban J connectivity index is 1.51. The summed E-state index contributed by atoms with van der Waals surface area (Å²) in [6.07, 6.45) is 6.48. The van der Waals surface area contributed by atoms with Gasteiger partial charge in [-0.3, -0.25) is 0 Å². The van der Waals surface area contributed by atoms with Crippen LogP contribution in [-0.4, -0.2) is 31.8 Å². The highest BCUT2D eigenvalue weighted by Crippen LogP contribution is 2.62. The summed E-state index contributed by atoms with van der Waals surface area (Å²) in [6.45, 7) is 0.866. The molecule has 1 aromatic rings. The van der Waals surface area contributed by atoms with E-state index < -0.39 is 0 Å². The number of ether oxygens (including phenoxy) is 2. The van der Waals surface area contributed by atoms with Crippen LogP contribution in [0.2, 0.25) is 5.02 Å². The van der Waals surface area contributed by atoms with Crippen molar-refractivity contribution >= 4 is 23.2 Å². The van der Waals surface area contributed by atoms with Gasteiger partial charge in [0.1, 0.15) is 5.75 Å². The molecule has 6 heteroatoms. The summed E-state index contributed by atoms with van der Waals surface area (Å²) < 4.78 is 11.2. The normalized spacial score (nSPS) is 30.9. The van der Waals surface area contributed by atoms with Crippen molar-refractivity contribution in [2.45, 2.75) is 44.2 Å². The number of halogens is 1. The van der Waals surface area contributed by atoms with Crippen LogP contribution in [0.4, 0.5) is 5.69 Å². The predicted molar refractivity (Wildman–Crippen MR) is 95.8 cm³/mol. The summed E-state index contributed by atoms with van der Waals surface area (Å²) in [5.41, 5.74) is 7.24. The van der Waals surface area contributed by atoms with E-state index in [0.717, 1.165) is 18.7 Å². The van der Waals surface area contributed by atoms with E-state index in [2.05, 4.69) is 5.32 Å². The van der Waals surface area contributed by atoms with E-state index in [1.807, 2.05) is 12.1 Å². The summed E-state index contributed by atoms with van der Waals surface area (Å²) in [5, 5.41) is 3.72. The number of methoxy groups -OCH3 is 1. The van der Waals surface area contributed by atoms with Crippen LogP contribution in [0.1, 0.15) is 32.1 Å². The van der Waals surface area contributed by atoms with Crippen LogP contribution < -0.4 is 15.8 Å². The quantitative estimate of drug-likeness (QED) is 0.648. The lowest BCUT2D eigenvalue weighted by molar-refractivity contribution is -0.117. The molecule has 1 spiro atoms. The monoisotopic (exact) mass is 349 g/mol. The van der Waals surface area contributed by atoms with Gasteiger partial charge in [-0.2, -0.15) is 0 Å². The van der Waals surface area contributed by atoms with E-state index in [1.54, 1.807) is 13.2 Å². The molecule has 1 heterocycles. The Hall–Kier alpha value is -1.46. The topological polar surface area (TPSA) is 68.9 Å². The molecule has 5 nitrogen and oxygen atoms in total. The zero-order valence-corrected chi connectivity index (χ0v) is 14.7. The minimum Gasteiger partial charge on any atom is -0.495 e. The lowest BCUT2D eigenvalue weighted by Gasteiger charge is -2.54. The zero-order valence-electron chi connectivity index (χ0n) is 13.9. The first-order valence-electron chi connectivity index (χ1n) is 8.69. The third kappa shape index (κ3) is 2.45. The Morgan fingerprint density at radius 3 is 2.92 bits per heavy atom. The van der Waals surface area contributed by atoms with Gasteiger partial charge in [-0.05, 0) is 37.5 Å². The average Bonchev–Trinajstić information content (AvgIpc) is 3.21. The van der Waals surface area contributed by atoms with Crippen molar-refractivity contribution in [3.8, 4) is 5.75 Å². The molecule has 1 aromatic carbocycles. The third-order valence-corrected chi connectivity index (χ3v) is 6.23. The lowest BCUT2D eigenvalue weighted by atomic mass is 9.54. The number of anilines is 1. The van der Waals surface area contributed by atoms with Gasteiger partial charge < -0.3 is 20.5 Å².